The summed E-state index contributed by atoms with van der Waals surface area (Å²) in [5, 5.41) is 0. The van der Waals surface area contributed by atoms with Gasteiger partial charge in [-0.1, -0.05) is 6.92 Å². The van der Waals surface area contributed by atoms with Gasteiger partial charge in [0.15, 0.2) is 0 Å². The van der Waals surface area contributed by atoms with Crippen LogP contribution in [0.25, 0.3) is 0 Å². The minimum Gasteiger partial charge on any atom is -0.496 e. The Balaban J connectivity index is 3.05. The van der Waals surface area contributed by atoms with E-state index in [1.54, 1.807) is 18.2 Å². The highest BCUT2D eigenvalue weighted by Gasteiger charge is 2.21. The first-order chi connectivity index (χ1) is 9.53. The van der Waals surface area contributed by atoms with E-state index < -0.39 is 5.97 Å². The lowest BCUT2D eigenvalue weighted by molar-refractivity contribution is -0.141. The number of anilines is 1. The second-order valence-electron chi connectivity index (χ2n) is 4.26. The molecule has 1 amide bonds. The lowest BCUT2D eigenvalue weighted by Gasteiger charge is -2.22. The Labute approximate surface area is 118 Å². The zero-order valence-corrected chi connectivity index (χ0v) is 12.0. The average Bonchev–Trinajstić information content (AvgIpc) is 2.45. The number of esters is 1. The molecule has 6 heteroatoms. The van der Waals surface area contributed by atoms with Crippen LogP contribution in [0.1, 0.15) is 23.7 Å². The van der Waals surface area contributed by atoms with Crippen LogP contribution in [0.4, 0.5) is 5.69 Å². The van der Waals surface area contributed by atoms with E-state index in [4.69, 9.17) is 10.5 Å². The first-order valence-corrected chi connectivity index (χ1v) is 6.33. The third-order valence-electron chi connectivity index (χ3n) is 2.78. The molecule has 1 aromatic rings. The van der Waals surface area contributed by atoms with Crippen molar-refractivity contribution < 1.29 is 19.1 Å². The average molecular weight is 280 g/mol. The second kappa shape index (κ2) is 7.37. The van der Waals surface area contributed by atoms with Crippen molar-refractivity contribution in [2.75, 3.05) is 33.0 Å². The number of nitrogen functional groups attached to an aromatic ring is 1. The smallest absolute Gasteiger partial charge is 0.325 e. The van der Waals surface area contributed by atoms with E-state index in [2.05, 4.69) is 4.74 Å². The van der Waals surface area contributed by atoms with Crippen molar-refractivity contribution in [1.82, 2.24) is 4.90 Å². The van der Waals surface area contributed by atoms with Crippen LogP contribution in [0.3, 0.4) is 0 Å². The van der Waals surface area contributed by atoms with Gasteiger partial charge in [-0.05, 0) is 24.6 Å². The number of amides is 1. The van der Waals surface area contributed by atoms with Crippen LogP contribution in [0.15, 0.2) is 18.2 Å². The summed E-state index contributed by atoms with van der Waals surface area (Å²) in [5.74, 6) is -0.341. The topological polar surface area (TPSA) is 81.9 Å². The van der Waals surface area contributed by atoms with Crippen LogP contribution < -0.4 is 10.5 Å². The van der Waals surface area contributed by atoms with Crippen molar-refractivity contribution in [2.45, 2.75) is 13.3 Å². The van der Waals surface area contributed by atoms with Crippen molar-refractivity contribution >= 4 is 17.6 Å². The predicted octanol–water partition coefficient (Wildman–Crippen LogP) is 1.30. The van der Waals surface area contributed by atoms with Crippen molar-refractivity contribution in [3.05, 3.63) is 23.8 Å². The molecule has 2 N–H and O–H groups in total. The van der Waals surface area contributed by atoms with E-state index in [9.17, 15) is 9.59 Å². The maximum Gasteiger partial charge on any atom is 0.325 e. The Kier molecular flexibility index (Phi) is 5.83. The SMILES string of the molecule is CCCN(CC(=O)OC)C(=O)c1cc(N)ccc1OC. The number of rotatable bonds is 6. The summed E-state index contributed by atoms with van der Waals surface area (Å²) >= 11 is 0. The number of carbonyl (C=O) groups excluding carboxylic acids is 2. The molecular weight excluding hydrogens is 260 g/mol. The van der Waals surface area contributed by atoms with Crippen LogP contribution in [0.2, 0.25) is 0 Å². The summed E-state index contributed by atoms with van der Waals surface area (Å²) < 4.78 is 9.77. The van der Waals surface area contributed by atoms with Gasteiger partial charge in [-0.3, -0.25) is 9.59 Å². The van der Waals surface area contributed by atoms with Crippen LogP contribution >= 0.6 is 0 Å². The molecule has 6 nitrogen and oxygen atoms in total. The Morgan fingerprint density at radius 1 is 1.30 bits per heavy atom. The quantitative estimate of drug-likeness (QED) is 0.627. The molecule has 0 aromatic heterocycles. The van der Waals surface area contributed by atoms with E-state index in [-0.39, 0.29) is 12.5 Å². The van der Waals surface area contributed by atoms with Crippen LogP contribution in [0, 0.1) is 0 Å². The molecule has 110 valence electrons. The predicted molar refractivity (Wildman–Crippen MR) is 75.6 cm³/mol. The second-order valence-corrected chi connectivity index (χ2v) is 4.26. The maximum atomic E-state index is 12.5. The molecule has 0 radical (unpaired) electrons. The molecule has 1 rings (SSSR count). The Morgan fingerprint density at radius 2 is 2.00 bits per heavy atom. The van der Waals surface area contributed by atoms with Crippen molar-refractivity contribution in [3.63, 3.8) is 0 Å². The van der Waals surface area contributed by atoms with Gasteiger partial charge < -0.3 is 20.1 Å². The van der Waals surface area contributed by atoms with Crippen molar-refractivity contribution in [3.8, 4) is 5.75 Å². The number of hydrogen-bond donors (Lipinski definition) is 1. The number of methoxy groups -OCH3 is 2. The lowest BCUT2D eigenvalue weighted by Crippen LogP contribution is -2.37. The van der Waals surface area contributed by atoms with E-state index in [0.717, 1.165) is 6.42 Å². The van der Waals surface area contributed by atoms with Gasteiger partial charge in [0.25, 0.3) is 5.91 Å². The molecule has 1 aromatic carbocycles. The van der Waals surface area contributed by atoms with E-state index in [1.807, 2.05) is 6.92 Å². The number of benzene rings is 1. The normalized spacial score (nSPS) is 9.95. The number of nitrogens with two attached hydrogens (primary N) is 1. The van der Waals surface area contributed by atoms with E-state index in [1.165, 1.54) is 19.1 Å². The number of ether oxygens (including phenoxy) is 2. The molecule has 0 aliphatic carbocycles. The minimum atomic E-state index is -0.463. The van der Waals surface area contributed by atoms with Crippen molar-refractivity contribution in [1.29, 1.82) is 0 Å². The third kappa shape index (κ3) is 3.88. The third-order valence-corrected chi connectivity index (χ3v) is 2.78. The molecule has 0 atom stereocenters. The summed E-state index contributed by atoms with van der Waals surface area (Å²) in [6.07, 6.45) is 0.730. The fourth-order valence-electron chi connectivity index (χ4n) is 1.81. The van der Waals surface area contributed by atoms with Gasteiger partial charge in [0.2, 0.25) is 0 Å². The van der Waals surface area contributed by atoms with Gasteiger partial charge in [0, 0.05) is 12.2 Å². The maximum absolute atomic E-state index is 12.5. The Morgan fingerprint density at radius 3 is 2.55 bits per heavy atom. The number of hydrogen-bond acceptors (Lipinski definition) is 5. The number of nitrogens with zero attached hydrogens (tertiary/aromatic N) is 1. The molecule has 0 fully saturated rings. The lowest BCUT2D eigenvalue weighted by atomic mass is 10.1. The van der Waals surface area contributed by atoms with E-state index >= 15 is 0 Å². The first kappa shape index (κ1) is 15.8. The van der Waals surface area contributed by atoms with Gasteiger partial charge in [-0.15, -0.1) is 0 Å². The summed E-state index contributed by atoms with van der Waals surface area (Å²) in [5.41, 5.74) is 6.50. The van der Waals surface area contributed by atoms with Crippen LogP contribution in [-0.2, 0) is 9.53 Å². The standard InChI is InChI=1S/C14H20N2O4/c1-4-7-16(9-13(17)20-3)14(18)11-8-10(15)5-6-12(11)19-2/h5-6,8H,4,7,9,15H2,1-3H3. The largest absolute Gasteiger partial charge is 0.496 e. The van der Waals surface area contributed by atoms with E-state index in [0.29, 0.717) is 23.5 Å². The fraction of sp³-hybridized carbons (Fsp3) is 0.429. The van der Waals surface area contributed by atoms with Crippen LogP contribution in [-0.4, -0.2) is 44.1 Å². The minimum absolute atomic E-state index is 0.0961. The highest BCUT2D eigenvalue weighted by Crippen LogP contribution is 2.22. The van der Waals surface area contributed by atoms with Gasteiger partial charge in [-0.2, -0.15) is 0 Å². The monoisotopic (exact) mass is 280 g/mol. The van der Waals surface area contributed by atoms with Gasteiger partial charge >= 0.3 is 5.97 Å². The summed E-state index contributed by atoms with van der Waals surface area (Å²) in [6.45, 7) is 2.28. The van der Waals surface area contributed by atoms with Crippen LogP contribution in [0.5, 0.6) is 5.75 Å². The Bertz CT molecular complexity index is 488. The van der Waals surface area contributed by atoms with Gasteiger partial charge in [0.1, 0.15) is 12.3 Å². The molecule has 0 aliphatic heterocycles. The highest BCUT2D eigenvalue weighted by molar-refractivity contribution is 5.99. The van der Waals surface area contributed by atoms with Crippen molar-refractivity contribution in [2.24, 2.45) is 0 Å². The number of carbonyl (C=O) groups is 2. The molecule has 0 unspecified atom stereocenters. The molecule has 0 saturated carbocycles. The molecule has 0 saturated heterocycles. The zero-order valence-electron chi connectivity index (χ0n) is 12.0. The molecule has 0 spiro atoms. The molecular formula is C14H20N2O4. The molecule has 0 aliphatic rings. The zero-order chi connectivity index (χ0) is 15.1. The first-order valence-electron chi connectivity index (χ1n) is 6.33. The summed E-state index contributed by atoms with van der Waals surface area (Å²) in [7, 11) is 2.77. The molecule has 0 bridgehead atoms. The summed E-state index contributed by atoms with van der Waals surface area (Å²) in [6, 6.07) is 4.83. The molecule has 0 heterocycles. The van der Waals surface area contributed by atoms with Gasteiger partial charge in [0.05, 0.1) is 19.8 Å². The highest BCUT2D eigenvalue weighted by atomic mass is 16.5. The summed E-state index contributed by atoms with van der Waals surface area (Å²) in [4.78, 5) is 25.3. The fourth-order valence-corrected chi connectivity index (χ4v) is 1.81. The Hall–Kier alpha value is -2.24. The van der Waals surface area contributed by atoms with Gasteiger partial charge in [-0.25, -0.2) is 0 Å². The molecule has 20 heavy (non-hydrogen) atoms.